The fourth-order valence-electron chi connectivity index (χ4n) is 12.4. The molecule has 0 bridgehead atoms. The molecule has 32 heteroatoms. The number of benzene rings is 5. The van der Waals surface area contributed by atoms with Gasteiger partial charge in [-0.05, 0) is 109 Å². The van der Waals surface area contributed by atoms with Gasteiger partial charge in [0.25, 0.3) is 23.6 Å². The standard InChI is InChI=1S/C75H87Cl6N5O20Si/c1-47-58-37-50(48-15-19-52(93-5)20-16-48)43-83(58)68(89)56-39-62(94-6)64(41-59(56)85(47)71(91)104-45-74(76,77)78)102-24-12-25-103-65-42-60-57(40-63(65)95-7)69(90)84-44-51(38-61(84)70(106-107(8,9)73(2,3)4)86(60)72(92)105-46-75(79,80)81)49-17-21-53(22-18-49)101-36-35-100-34-33-99-32-31-98-30-29-97-28-27-96-26-23-82-66(87)54-13-10-11-14-55(54)67(82)88/h10-11,13-22,39-44,47,58,61,70H,12,23-38,45-46H2,1-9H3/t47-,58?,61?,70-/m1/s1. The number of rotatable bonds is 34. The Morgan fingerprint density at radius 2 is 0.897 bits per heavy atom. The summed E-state index contributed by atoms with van der Waals surface area (Å²) in [5.41, 5.74) is 4.53. The Morgan fingerprint density at radius 3 is 1.35 bits per heavy atom. The highest BCUT2D eigenvalue weighted by Crippen LogP contribution is 2.49. The number of halogens is 6. The van der Waals surface area contributed by atoms with E-state index in [0.29, 0.717) is 88.5 Å². The SMILES string of the molecule is COc1ccc(C2=CN3C(=O)c4cc(OC)c(OCCCOc5cc6c(cc5OC)C(=O)N5C=C(c7ccc(OCCOCCOCCOCCOCCOCCN8C(=O)c9ccccc9C8=O)cc7)CC5[C@@H](O[Si](C)(C)C(C)(C)C)N6C(=O)OCC(Cl)(Cl)Cl)cc4N(C(=O)OCC(Cl)(Cl)Cl)[C@H](C)C3C2)cc1. The van der Waals surface area contributed by atoms with Crippen LogP contribution >= 0.6 is 69.6 Å². The van der Waals surface area contributed by atoms with Crippen molar-refractivity contribution in [1.82, 2.24) is 14.7 Å². The lowest BCUT2D eigenvalue weighted by atomic mass is 9.98. The highest BCUT2D eigenvalue weighted by atomic mass is 35.6. The fraction of sp³-hybridized carbons (Fsp3) is 0.467. The van der Waals surface area contributed by atoms with Crippen LogP contribution in [-0.4, -0.2) is 218 Å². The van der Waals surface area contributed by atoms with Crippen LogP contribution in [0.25, 0.3) is 11.1 Å². The number of carbonyl (C=O) groups excluding carboxylic acids is 6. The van der Waals surface area contributed by atoms with E-state index >= 15 is 4.79 Å². The van der Waals surface area contributed by atoms with E-state index in [2.05, 4.69) is 20.8 Å². The van der Waals surface area contributed by atoms with E-state index in [-0.39, 0.29) is 103 Å². The van der Waals surface area contributed by atoms with Crippen molar-refractivity contribution in [3.05, 3.63) is 143 Å². The molecule has 4 atom stereocenters. The molecule has 10 rings (SSSR count). The van der Waals surface area contributed by atoms with E-state index in [1.165, 1.54) is 53.2 Å². The first kappa shape index (κ1) is 82.2. The number of methoxy groups -OCH3 is 3. The first-order chi connectivity index (χ1) is 51.0. The van der Waals surface area contributed by atoms with E-state index in [0.717, 1.165) is 22.3 Å². The minimum Gasteiger partial charge on any atom is -0.497 e. The molecule has 6 amide bonds. The second kappa shape index (κ2) is 36.5. The van der Waals surface area contributed by atoms with Crippen LogP contribution in [0, 0.1) is 0 Å². The molecule has 0 aliphatic carbocycles. The van der Waals surface area contributed by atoms with Crippen molar-refractivity contribution in [2.45, 2.75) is 97.0 Å². The van der Waals surface area contributed by atoms with Crippen LogP contribution in [0.3, 0.4) is 0 Å². The summed E-state index contributed by atoms with van der Waals surface area (Å²) in [6.07, 6.45) is 1.38. The maximum Gasteiger partial charge on any atom is 0.416 e. The number of imide groups is 1. The van der Waals surface area contributed by atoms with Gasteiger partial charge in [-0.25, -0.2) is 14.5 Å². The lowest BCUT2D eigenvalue weighted by Crippen LogP contribution is -2.58. The molecular weight excluding hydrogens is 1530 g/mol. The summed E-state index contributed by atoms with van der Waals surface area (Å²) in [4.78, 5) is 91.3. The lowest BCUT2D eigenvalue weighted by Gasteiger charge is -2.44. The molecule has 578 valence electrons. The summed E-state index contributed by atoms with van der Waals surface area (Å²) in [6.45, 7) is 14.6. The molecule has 0 spiro atoms. The van der Waals surface area contributed by atoms with Gasteiger partial charge in [-0.1, -0.05) is 127 Å². The highest BCUT2D eigenvalue weighted by Gasteiger charge is 2.52. The molecule has 5 aliphatic rings. The average Bonchev–Trinajstić information content (AvgIpc) is 1.60. The molecule has 5 aliphatic heterocycles. The predicted octanol–water partition coefficient (Wildman–Crippen LogP) is 14.2. The zero-order valence-electron chi connectivity index (χ0n) is 60.8. The van der Waals surface area contributed by atoms with E-state index in [9.17, 15) is 24.0 Å². The van der Waals surface area contributed by atoms with E-state index in [1.54, 1.807) is 60.5 Å². The van der Waals surface area contributed by atoms with Crippen LogP contribution in [0.5, 0.6) is 34.5 Å². The van der Waals surface area contributed by atoms with E-state index in [1.807, 2.05) is 61.6 Å². The molecule has 5 aromatic carbocycles. The molecule has 0 aromatic heterocycles. The van der Waals surface area contributed by atoms with Crippen molar-refractivity contribution in [3.8, 4) is 34.5 Å². The van der Waals surface area contributed by atoms with Gasteiger partial charge >= 0.3 is 12.2 Å². The fourth-order valence-corrected chi connectivity index (χ4v) is 13.9. The number of hydrogen-bond donors (Lipinski definition) is 0. The van der Waals surface area contributed by atoms with Crippen LogP contribution < -0.4 is 38.2 Å². The molecule has 0 N–H and O–H groups in total. The van der Waals surface area contributed by atoms with Crippen molar-refractivity contribution >= 4 is 136 Å². The van der Waals surface area contributed by atoms with Gasteiger partial charge in [0.15, 0.2) is 37.5 Å². The van der Waals surface area contributed by atoms with E-state index in [4.69, 9.17) is 136 Å². The third-order valence-corrected chi connectivity index (χ3v) is 24.0. The zero-order valence-corrected chi connectivity index (χ0v) is 66.3. The lowest BCUT2D eigenvalue weighted by molar-refractivity contribution is -0.0133. The molecule has 107 heavy (non-hydrogen) atoms. The zero-order chi connectivity index (χ0) is 77.0. The first-order valence-electron chi connectivity index (χ1n) is 34.7. The van der Waals surface area contributed by atoms with Gasteiger partial charge in [0.05, 0.1) is 159 Å². The number of alkyl halides is 6. The normalized spacial score (nSPS) is 17.9. The van der Waals surface area contributed by atoms with E-state index < -0.39 is 82.5 Å². The molecule has 5 aromatic rings. The Kier molecular flexibility index (Phi) is 28.0. The third kappa shape index (κ3) is 20.4. The van der Waals surface area contributed by atoms with Crippen LogP contribution in [-0.2, 0) is 37.6 Å². The summed E-state index contributed by atoms with van der Waals surface area (Å²) < 4.78 is 78.7. The molecule has 5 heterocycles. The largest absolute Gasteiger partial charge is 0.497 e. The average molecular weight is 1620 g/mol. The number of ether oxygens (including phenoxy) is 13. The summed E-state index contributed by atoms with van der Waals surface area (Å²) in [5, 5.41) is -0.397. The van der Waals surface area contributed by atoms with Gasteiger partial charge in [0.1, 0.15) is 31.3 Å². The summed E-state index contributed by atoms with van der Waals surface area (Å²) in [6, 6.07) is 25.7. The van der Waals surface area contributed by atoms with Crippen molar-refractivity contribution in [2.75, 3.05) is 137 Å². The van der Waals surface area contributed by atoms with Gasteiger partial charge in [-0.15, -0.1) is 0 Å². The maximum absolute atomic E-state index is 15.3. The number of anilines is 2. The summed E-state index contributed by atoms with van der Waals surface area (Å²) >= 11 is 36.8. The van der Waals surface area contributed by atoms with Crippen molar-refractivity contribution in [1.29, 1.82) is 0 Å². The van der Waals surface area contributed by atoms with Crippen LogP contribution in [0.4, 0.5) is 21.0 Å². The summed E-state index contributed by atoms with van der Waals surface area (Å²) in [7, 11) is 1.56. The van der Waals surface area contributed by atoms with Crippen molar-refractivity contribution in [2.24, 2.45) is 0 Å². The maximum atomic E-state index is 15.3. The van der Waals surface area contributed by atoms with Gasteiger partial charge in [0.2, 0.25) is 7.59 Å². The number of amides is 6. The Hall–Kier alpha value is -7.28. The van der Waals surface area contributed by atoms with Crippen molar-refractivity contribution in [3.63, 3.8) is 0 Å². The van der Waals surface area contributed by atoms with Crippen molar-refractivity contribution < 1.29 is 94.8 Å². The van der Waals surface area contributed by atoms with Crippen LogP contribution in [0.15, 0.2) is 109 Å². The minimum absolute atomic E-state index is 0.00516. The van der Waals surface area contributed by atoms with Crippen LogP contribution in [0.2, 0.25) is 18.1 Å². The Labute approximate surface area is 652 Å². The third-order valence-electron chi connectivity index (χ3n) is 18.9. The molecule has 0 radical (unpaired) electrons. The Bertz CT molecular complexity index is 4030. The molecule has 0 saturated carbocycles. The van der Waals surface area contributed by atoms with Crippen LogP contribution in [0.1, 0.15) is 99.5 Å². The Morgan fingerprint density at radius 1 is 0.477 bits per heavy atom. The molecular formula is C75H87Cl6N5O20Si. The molecule has 25 nitrogen and oxygen atoms in total. The molecule has 2 unspecified atom stereocenters. The monoisotopic (exact) mass is 1620 g/mol. The second-order valence-electron chi connectivity index (χ2n) is 26.9. The number of nitrogens with zero attached hydrogens (tertiary/aromatic N) is 5. The number of hydrogen-bond acceptors (Lipinski definition) is 20. The number of carbonyl (C=O) groups is 6. The van der Waals surface area contributed by atoms with Gasteiger partial charge in [0, 0.05) is 31.0 Å². The van der Waals surface area contributed by atoms with Gasteiger partial charge in [-0.2, -0.15) is 0 Å². The molecule has 0 fully saturated rings. The second-order valence-corrected chi connectivity index (χ2v) is 36.7. The highest BCUT2D eigenvalue weighted by molar-refractivity contribution is 6.74. The Balaban J connectivity index is 0.759. The van der Waals surface area contributed by atoms with Gasteiger partial charge in [-0.3, -0.25) is 29.0 Å². The molecule has 0 saturated heterocycles. The quantitative estimate of drug-likeness (QED) is 0.0161. The smallest absolute Gasteiger partial charge is 0.416 e. The summed E-state index contributed by atoms with van der Waals surface area (Å²) in [5.74, 6) is 0.429. The van der Waals surface area contributed by atoms with Gasteiger partial charge < -0.3 is 75.8 Å². The minimum atomic E-state index is -2.87. The first-order valence-corrected chi connectivity index (χ1v) is 39.9. The number of fused-ring (bicyclic) bond motifs is 5. The predicted molar refractivity (Wildman–Crippen MR) is 407 cm³/mol. The topological polar surface area (TPSA) is 248 Å².